The lowest BCUT2D eigenvalue weighted by molar-refractivity contribution is 0.438. The summed E-state index contributed by atoms with van der Waals surface area (Å²) in [4.78, 5) is 0. The van der Waals surface area contributed by atoms with Crippen LogP contribution in [-0.2, 0) is 5.54 Å². The van der Waals surface area contributed by atoms with E-state index >= 15 is 0 Å². The normalized spacial score (nSPS) is 27.3. The van der Waals surface area contributed by atoms with Crippen LogP contribution in [0.15, 0.2) is 59.6 Å². The highest BCUT2D eigenvalue weighted by Gasteiger charge is 2.36. The van der Waals surface area contributed by atoms with Crippen LogP contribution >= 0.6 is 0 Å². The van der Waals surface area contributed by atoms with Gasteiger partial charge in [-0.1, -0.05) is 35.9 Å². The van der Waals surface area contributed by atoms with Crippen LogP contribution in [0.4, 0.5) is 0 Å². The fourth-order valence-electron chi connectivity index (χ4n) is 3.07. The minimum Gasteiger partial charge on any atom is -0.365 e. The Kier molecular flexibility index (Phi) is 3.68. The van der Waals surface area contributed by atoms with Gasteiger partial charge in [0.25, 0.3) is 0 Å². The van der Waals surface area contributed by atoms with Crippen molar-refractivity contribution in [1.29, 1.82) is 0 Å². The monoisotopic (exact) mass is 297 g/mol. The Labute approximate surface area is 131 Å². The van der Waals surface area contributed by atoms with E-state index in [1.807, 2.05) is 12.3 Å². The third-order valence-electron chi connectivity index (χ3n) is 4.25. The van der Waals surface area contributed by atoms with Crippen molar-refractivity contribution in [2.24, 2.45) is 5.84 Å². The molecule has 0 aliphatic carbocycles. The van der Waals surface area contributed by atoms with Crippen LogP contribution in [0.3, 0.4) is 0 Å². The molecule has 0 bridgehead atoms. The first-order valence-corrected chi connectivity index (χ1v) is 7.50. The second kappa shape index (κ2) is 5.51. The van der Waals surface area contributed by atoms with Gasteiger partial charge in [-0.05, 0) is 38.0 Å². The fraction of sp³-hybridized carbons (Fsp3) is 0.294. The molecular weight excluding hydrogens is 274 g/mol. The summed E-state index contributed by atoms with van der Waals surface area (Å²) in [6.45, 7) is 6.40. The number of hydrogen-bond acceptors (Lipinski definition) is 5. The Bertz CT molecular complexity index is 673. The van der Waals surface area contributed by atoms with Gasteiger partial charge in [-0.3, -0.25) is 0 Å². The maximum absolute atomic E-state index is 5.57. The maximum atomic E-state index is 5.57. The van der Waals surface area contributed by atoms with E-state index in [-0.39, 0.29) is 11.6 Å². The fourth-order valence-corrected chi connectivity index (χ4v) is 3.07. The number of dihydropyridines is 1. The maximum Gasteiger partial charge on any atom is 0.114 e. The molecule has 5 nitrogen and oxygen atoms in total. The molecule has 2 heterocycles. The topological polar surface area (TPSA) is 74.1 Å². The molecule has 116 valence electrons. The molecule has 2 unspecified atom stereocenters. The number of hydrazine groups is 2. The van der Waals surface area contributed by atoms with Gasteiger partial charge in [0.1, 0.15) is 5.82 Å². The van der Waals surface area contributed by atoms with E-state index in [0.717, 1.165) is 11.4 Å². The van der Waals surface area contributed by atoms with Gasteiger partial charge < -0.3 is 16.2 Å². The highest BCUT2D eigenvalue weighted by molar-refractivity contribution is 5.53. The van der Waals surface area contributed by atoms with Crippen molar-refractivity contribution in [1.82, 2.24) is 21.6 Å². The Morgan fingerprint density at radius 1 is 1.32 bits per heavy atom. The molecule has 0 radical (unpaired) electrons. The standard InChI is InChI=1S/C17H23N5/c1-11-5-4-6-14(7-11)17(3)15(10-19-22-17)13-8-12(2)20-16(9-13)21-18/h4-10,12,19-22H,18H2,1-3H3. The van der Waals surface area contributed by atoms with E-state index in [4.69, 9.17) is 5.84 Å². The summed E-state index contributed by atoms with van der Waals surface area (Å²) in [5, 5.41) is 3.28. The molecule has 2 aliphatic heterocycles. The van der Waals surface area contributed by atoms with Crippen LogP contribution in [0.1, 0.15) is 25.0 Å². The predicted octanol–water partition coefficient (Wildman–Crippen LogP) is 1.42. The highest BCUT2D eigenvalue weighted by atomic mass is 15.4. The number of benzene rings is 1. The van der Waals surface area contributed by atoms with E-state index in [1.165, 1.54) is 16.7 Å². The smallest absolute Gasteiger partial charge is 0.114 e. The zero-order valence-corrected chi connectivity index (χ0v) is 13.2. The van der Waals surface area contributed by atoms with Gasteiger partial charge in [-0.15, -0.1) is 0 Å². The van der Waals surface area contributed by atoms with Crippen LogP contribution in [0, 0.1) is 6.92 Å². The second-order valence-corrected chi connectivity index (χ2v) is 6.08. The largest absolute Gasteiger partial charge is 0.365 e. The summed E-state index contributed by atoms with van der Waals surface area (Å²) in [7, 11) is 0. The van der Waals surface area contributed by atoms with Gasteiger partial charge in [0, 0.05) is 17.8 Å². The van der Waals surface area contributed by atoms with Crippen molar-refractivity contribution in [3.63, 3.8) is 0 Å². The first-order chi connectivity index (χ1) is 10.5. The molecule has 3 rings (SSSR count). The molecule has 0 saturated heterocycles. The molecule has 6 N–H and O–H groups in total. The molecule has 1 aromatic carbocycles. The van der Waals surface area contributed by atoms with Crippen molar-refractivity contribution in [2.45, 2.75) is 32.4 Å². The summed E-state index contributed by atoms with van der Waals surface area (Å²) in [5.74, 6) is 6.39. The number of aryl methyl sites for hydroxylation is 1. The van der Waals surface area contributed by atoms with Gasteiger partial charge in [0.2, 0.25) is 0 Å². The van der Waals surface area contributed by atoms with E-state index < -0.39 is 0 Å². The van der Waals surface area contributed by atoms with Crippen LogP contribution in [0.5, 0.6) is 0 Å². The van der Waals surface area contributed by atoms with Gasteiger partial charge in [-0.2, -0.15) is 0 Å². The molecule has 5 heteroatoms. The van der Waals surface area contributed by atoms with Crippen LogP contribution in [0.25, 0.3) is 0 Å². The zero-order valence-electron chi connectivity index (χ0n) is 13.2. The average molecular weight is 297 g/mol. The summed E-state index contributed by atoms with van der Waals surface area (Å²) in [5.41, 5.74) is 13.8. The quantitative estimate of drug-likeness (QED) is 0.431. The van der Waals surface area contributed by atoms with Crippen LogP contribution < -0.4 is 27.4 Å². The van der Waals surface area contributed by atoms with Gasteiger partial charge in [-0.25, -0.2) is 11.3 Å². The molecule has 2 aliphatic rings. The lowest BCUT2D eigenvalue weighted by Crippen LogP contribution is -2.42. The van der Waals surface area contributed by atoms with Crippen LogP contribution in [0.2, 0.25) is 0 Å². The van der Waals surface area contributed by atoms with Gasteiger partial charge in [0.15, 0.2) is 0 Å². The molecule has 0 saturated carbocycles. The van der Waals surface area contributed by atoms with E-state index in [2.05, 4.69) is 72.7 Å². The number of rotatable bonds is 3. The number of allylic oxidation sites excluding steroid dienone is 1. The Balaban J connectivity index is 2.01. The molecule has 0 fully saturated rings. The molecule has 22 heavy (non-hydrogen) atoms. The average Bonchev–Trinajstić information content (AvgIpc) is 2.90. The minimum atomic E-state index is -0.287. The van der Waals surface area contributed by atoms with Crippen molar-refractivity contribution >= 4 is 0 Å². The number of nitrogens with one attached hydrogen (secondary N) is 4. The van der Waals surface area contributed by atoms with Gasteiger partial charge >= 0.3 is 0 Å². The molecule has 0 aromatic heterocycles. The molecule has 1 aromatic rings. The van der Waals surface area contributed by atoms with Crippen LogP contribution in [-0.4, -0.2) is 6.04 Å². The molecule has 2 atom stereocenters. The Hall–Kier alpha value is -2.24. The molecule has 0 amide bonds. The number of hydrogen-bond donors (Lipinski definition) is 5. The van der Waals surface area contributed by atoms with E-state index in [0.29, 0.717) is 0 Å². The second-order valence-electron chi connectivity index (χ2n) is 6.08. The lowest BCUT2D eigenvalue weighted by atomic mass is 9.81. The summed E-state index contributed by atoms with van der Waals surface area (Å²) >= 11 is 0. The number of nitrogens with two attached hydrogens (primary N) is 1. The van der Waals surface area contributed by atoms with E-state index in [9.17, 15) is 0 Å². The first-order valence-electron chi connectivity index (χ1n) is 7.50. The lowest BCUT2D eigenvalue weighted by Gasteiger charge is -2.31. The summed E-state index contributed by atoms with van der Waals surface area (Å²) in [6, 6.07) is 8.79. The van der Waals surface area contributed by atoms with Crippen molar-refractivity contribution in [2.75, 3.05) is 0 Å². The van der Waals surface area contributed by atoms with Crippen molar-refractivity contribution < 1.29 is 0 Å². The Morgan fingerprint density at radius 2 is 2.14 bits per heavy atom. The van der Waals surface area contributed by atoms with Crippen molar-refractivity contribution in [3.8, 4) is 0 Å². The zero-order chi connectivity index (χ0) is 15.7. The predicted molar refractivity (Wildman–Crippen MR) is 89.0 cm³/mol. The third kappa shape index (κ3) is 2.49. The summed E-state index contributed by atoms with van der Waals surface area (Å²) < 4.78 is 0. The molecule has 0 spiro atoms. The van der Waals surface area contributed by atoms with Crippen molar-refractivity contribution in [3.05, 3.63) is 70.7 Å². The Morgan fingerprint density at radius 3 is 2.86 bits per heavy atom. The molecular formula is C17H23N5. The SMILES string of the molecule is Cc1cccc(C2(C)NNC=C2C2=CC(C)NC(NN)=C2)c1. The minimum absolute atomic E-state index is 0.217. The van der Waals surface area contributed by atoms with Gasteiger partial charge in [0.05, 0.1) is 5.54 Å². The van der Waals surface area contributed by atoms with E-state index in [1.54, 1.807) is 0 Å². The first kappa shape index (κ1) is 14.7. The third-order valence-corrected chi connectivity index (χ3v) is 4.25. The summed E-state index contributed by atoms with van der Waals surface area (Å²) in [6.07, 6.45) is 6.26. The highest BCUT2D eigenvalue weighted by Crippen LogP contribution is 2.37.